The van der Waals surface area contributed by atoms with Gasteiger partial charge in [0.05, 0.1) is 16.1 Å². The Morgan fingerprint density at radius 2 is 1.85 bits per heavy atom. The van der Waals surface area contributed by atoms with Crippen molar-refractivity contribution in [2.24, 2.45) is 5.41 Å². The van der Waals surface area contributed by atoms with Crippen LogP contribution in [0.3, 0.4) is 0 Å². The number of nitrogens with zero attached hydrogens (tertiary/aromatic N) is 3. The van der Waals surface area contributed by atoms with Gasteiger partial charge in [-0.15, -0.1) is 11.3 Å². The number of carbonyl (C=O) groups excluding carboxylic acids is 1. The SMILES string of the molecule is CN[C@H](C)CNc1c(C=O)sc2ccc3nc(N4CCC5(CCN(C)CC5)CC4)ccc3c12. The second kappa shape index (κ2) is 9.20. The molecule has 1 spiro atoms. The van der Waals surface area contributed by atoms with E-state index < -0.39 is 0 Å². The molecule has 1 atom stereocenters. The Balaban J connectivity index is 1.42. The minimum atomic E-state index is 0.311. The molecule has 1 aromatic carbocycles. The molecule has 0 radical (unpaired) electrons. The molecule has 2 aliphatic rings. The third-order valence-electron chi connectivity index (χ3n) is 7.92. The first-order chi connectivity index (χ1) is 16.0. The monoisotopic (exact) mass is 465 g/mol. The van der Waals surface area contributed by atoms with Crippen molar-refractivity contribution in [3.63, 3.8) is 0 Å². The summed E-state index contributed by atoms with van der Waals surface area (Å²) in [7, 11) is 4.19. The largest absolute Gasteiger partial charge is 0.382 e. The summed E-state index contributed by atoms with van der Waals surface area (Å²) in [6.07, 6.45) is 6.17. The van der Waals surface area contributed by atoms with E-state index in [1.54, 1.807) is 11.3 Å². The maximum absolute atomic E-state index is 11.8. The predicted octanol–water partition coefficient (Wildman–Crippen LogP) is 4.59. The van der Waals surface area contributed by atoms with Crippen molar-refractivity contribution in [2.45, 2.75) is 38.6 Å². The van der Waals surface area contributed by atoms with Crippen LogP contribution in [0.1, 0.15) is 42.3 Å². The minimum Gasteiger partial charge on any atom is -0.382 e. The van der Waals surface area contributed by atoms with Gasteiger partial charge in [0.1, 0.15) is 5.82 Å². The Kier molecular flexibility index (Phi) is 6.29. The van der Waals surface area contributed by atoms with Gasteiger partial charge in [0.25, 0.3) is 0 Å². The molecule has 7 heteroatoms. The first kappa shape index (κ1) is 22.6. The molecule has 176 valence electrons. The molecule has 0 saturated carbocycles. The smallest absolute Gasteiger partial charge is 0.162 e. The van der Waals surface area contributed by atoms with Crippen LogP contribution in [0.15, 0.2) is 24.3 Å². The van der Waals surface area contributed by atoms with Gasteiger partial charge in [0, 0.05) is 41.1 Å². The van der Waals surface area contributed by atoms with Crippen molar-refractivity contribution in [2.75, 3.05) is 57.0 Å². The van der Waals surface area contributed by atoms with Crippen molar-refractivity contribution >= 4 is 50.1 Å². The van der Waals surface area contributed by atoms with Gasteiger partial charge in [-0.05, 0) is 89.5 Å². The number of aldehydes is 1. The number of pyridine rings is 1. The van der Waals surface area contributed by atoms with E-state index in [-0.39, 0.29) is 0 Å². The second-order valence-corrected chi connectivity index (χ2v) is 11.1. The van der Waals surface area contributed by atoms with E-state index in [4.69, 9.17) is 4.98 Å². The van der Waals surface area contributed by atoms with Gasteiger partial charge in [-0.1, -0.05) is 0 Å². The van der Waals surface area contributed by atoms with E-state index in [9.17, 15) is 4.79 Å². The molecule has 2 N–H and O–H groups in total. The number of anilines is 2. The molecule has 0 aliphatic carbocycles. The Morgan fingerprint density at radius 3 is 2.55 bits per heavy atom. The summed E-state index contributed by atoms with van der Waals surface area (Å²) >= 11 is 1.55. The average Bonchev–Trinajstić information content (AvgIpc) is 3.22. The highest BCUT2D eigenvalue weighted by molar-refractivity contribution is 7.21. The van der Waals surface area contributed by atoms with Crippen LogP contribution in [0.25, 0.3) is 21.0 Å². The number of hydrogen-bond acceptors (Lipinski definition) is 7. The van der Waals surface area contributed by atoms with E-state index in [2.05, 4.69) is 58.7 Å². The zero-order valence-electron chi connectivity index (χ0n) is 20.0. The lowest BCUT2D eigenvalue weighted by Crippen LogP contribution is -2.46. The summed E-state index contributed by atoms with van der Waals surface area (Å²) in [5.41, 5.74) is 2.48. The van der Waals surface area contributed by atoms with Gasteiger partial charge in [-0.3, -0.25) is 4.79 Å². The van der Waals surface area contributed by atoms with Gasteiger partial charge in [-0.25, -0.2) is 4.98 Å². The normalized spacial score (nSPS) is 19.9. The highest BCUT2D eigenvalue weighted by Gasteiger charge is 2.37. The van der Waals surface area contributed by atoms with E-state index in [1.165, 1.54) is 38.8 Å². The number of thiophene rings is 1. The van der Waals surface area contributed by atoms with Gasteiger partial charge in [-0.2, -0.15) is 0 Å². The first-order valence-corrected chi connectivity index (χ1v) is 13.0. The quantitative estimate of drug-likeness (QED) is 0.519. The second-order valence-electron chi connectivity index (χ2n) is 9.99. The topological polar surface area (TPSA) is 60.5 Å². The molecule has 3 aromatic rings. The number of benzene rings is 1. The third kappa shape index (κ3) is 4.34. The number of aromatic nitrogens is 1. The molecule has 0 unspecified atom stereocenters. The number of rotatable bonds is 6. The lowest BCUT2D eigenvalue weighted by Gasteiger charge is -2.46. The lowest BCUT2D eigenvalue weighted by atomic mass is 9.71. The van der Waals surface area contributed by atoms with Crippen LogP contribution >= 0.6 is 11.3 Å². The van der Waals surface area contributed by atoms with Gasteiger partial charge < -0.3 is 20.4 Å². The summed E-state index contributed by atoms with van der Waals surface area (Å²) in [6.45, 7) is 7.53. The standard InChI is InChI=1S/C26H35N5OS/c1-18(27-2)16-28-25-22(17-32)33-21-6-5-20-19(24(21)25)4-7-23(29-20)31-14-10-26(11-15-31)8-12-30(3)13-9-26/h4-7,17-18,27-28H,8-16H2,1-3H3/t18-/m1/s1. The molecule has 5 rings (SSSR count). The summed E-state index contributed by atoms with van der Waals surface area (Å²) in [4.78, 5) is 22.5. The Bertz CT molecular complexity index is 1140. The van der Waals surface area contributed by atoms with E-state index in [0.717, 1.165) is 63.3 Å². The Hall–Kier alpha value is -2.22. The average molecular weight is 466 g/mol. The van der Waals surface area contributed by atoms with Crippen LogP contribution < -0.4 is 15.5 Å². The molecule has 2 saturated heterocycles. The number of fused-ring (bicyclic) bond motifs is 3. The van der Waals surface area contributed by atoms with Gasteiger partial charge >= 0.3 is 0 Å². The molecule has 2 aliphatic heterocycles. The molecule has 6 nitrogen and oxygen atoms in total. The zero-order valence-corrected chi connectivity index (χ0v) is 20.8. The molecule has 2 fully saturated rings. The van der Waals surface area contributed by atoms with E-state index in [0.29, 0.717) is 11.5 Å². The number of piperidine rings is 2. The first-order valence-electron chi connectivity index (χ1n) is 12.2. The van der Waals surface area contributed by atoms with Crippen LogP contribution in [-0.2, 0) is 0 Å². The minimum absolute atomic E-state index is 0.311. The van der Waals surface area contributed by atoms with Crippen LogP contribution in [0, 0.1) is 5.41 Å². The van der Waals surface area contributed by atoms with Crippen LogP contribution in [0.2, 0.25) is 0 Å². The number of nitrogens with one attached hydrogen (secondary N) is 2. The molecule has 33 heavy (non-hydrogen) atoms. The summed E-state index contributed by atoms with van der Waals surface area (Å²) in [5, 5.41) is 9.00. The zero-order chi connectivity index (χ0) is 23.0. The fourth-order valence-electron chi connectivity index (χ4n) is 5.40. The van der Waals surface area contributed by atoms with E-state index >= 15 is 0 Å². The molecule has 0 bridgehead atoms. The number of carbonyl (C=O) groups is 1. The fraction of sp³-hybridized carbons (Fsp3) is 0.538. The molecule has 2 aromatic heterocycles. The van der Waals surface area contributed by atoms with Crippen LogP contribution in [0.5, 0.6) is 0 Å². The fourth-order valence-corrected chi connectivity index (χ4v) is 6.42. The number of likely N-dealkylation sites (N-methyl/N-ethyl adjacent to an activating group) is 1. The maximum atomic E-state index is 11.8. The van der Waals surface area contributed by atoms with Crippen LogP contribution in [-0.4, -0.2) is 69.0 Å². The molecular formula is C26H35N5OS. The number of hydrogen-bond donors (Lipinski definition) is 2. The molecule has 0 amide bonds. The van der Waals surface area contributed by atoms with Crippen molar-refractivity contribution in [3.8, 4) is 0 Å². The third-order valence-corrected chi connectivity index (χ3v) is 9.00. The van der Waals surface area contributed by atoms with Crippen molar-refractivity contribution in [3.05, 3.63) is 29.1 Å². The van der Waals surface area contributed by atoms with Crippen molar-refractivity contribution < 1.29 is 4.79 Å². The Labute approximate surface area is 200 Å². The maximum Gasteiger partial charge on any atom is 0.162 e. The number of likely N-dealkylation sites (tertiary alicyclic amines) is 1. The Morgan fingerprint density at radius 1 is 1.12 bits per heavy atom. The van der Waals surface area contributed by atoms with Crippen molar-refractivity contribution in [1.29, 1.82) is 0 Å². The summed E-state index contributed by atoms with van der Waals surface area (Å²) < 4.78 is 1.13. The van der Waals surface area contributed by atoms with Crippen LogP contribution in [0.4, 0.5) is 11.5 Å². The van der Waals surface area contributed by atoms with E-state index in [1.807, 2.05) is 7.05 Å². The summed E-state index contributed by atoms with van der Waals surface area (Å²) in [6, 6.07) is 8.91. The molecule has 4 heterocycles. The van der Waals surface area contributed by atoms with Gasteiger partial charge in [0.15, 0.2) is 6.29 Å². The predicted molar refractivity (Wildman–Crippen MR) is 140 cm³/mol. The highest BCUT2D eigenvalue weighted by atomic mass is 32.1. The van der Waals surface area contributed by atoms with Gasteiger partial charge in [0.2, 0.25) is 0 Å². The van der Waals surface area contributed by atoms with Crippen molar-refractivity contribution in [1.82, 2.24) is 15.2 Å². The lowest BCUT2D eigenvalue weighted by molar-refractivity contribution is 0.0943. The summed E-state index contributed by atoms with van der Waals surface area (Å²) in [5.74, 6) is 1.08. The molecular weight excluding hydrogens is 430 g/mol. The highest BCUT2D eigenvalue weighted by Crippen LogP contribution is 2.43.